The molecule has 0 fully saturated rings. The number of nitrogens with zero attached hydrogens (tertiary/aromatic N) is 3. The molecule has 0 radical (unpaired) electrons. The molecule has 7 nitrogen and oxygen atoms in total. The molecular formula is C17H16N4O3. The highest BCUT2D eigenvalue weighted by molar-refractivity contribution is 6.01. The fourth-order valence-corrected chi connectivity index (χ4v) is 3.13. The molecule has 2 aromatic heterocycles. The monoisotopic (exact) mass is 324 g/mol. The Kier molecular flexibility index (Phi) is 3.34. The number of carbonyl (C=O) groups is 2. The first-order chi connectivity index (χ1) is 11.6. The van der Waals surface area contributed by atoms with E-state index in [2.05, 4.69) is 10.3 Å². The molecule has 7 heteroatoms. The van der Waals surface area contributed by atoms with E-state index in [-0.39, 0.29) is 11.9 Å². The van der Waals surface area contributed by atoms with Crippen LogP contribution in [0.1, 0.15) is 17.4 Å². The van der Waals surface area contributed by atoms with Gasteiger partial charge in [-0.05, 0) is 29.8 Å². The zero-order valence-electron chi connectivity index (χ0n) is 13.1. The van der Waals surface area contributed by atoms with Crippen LogP contribution in [0.3, 0.4) is 0 Å². The number of pyridine rings is 1. The lowest BCUT2D eigenvalue weighted by molar-refractivity contribution is -0.126. The van der Waals surface area contributed by atoms with Crippen LogP contribution in [-0.4, -0.2) is 40.3 Å². The summed E-state index contributed by atoms with van der Waals surface area (Å²) in [5, 5.41) is 2.83. The molecular weight excluding hydrogens is 308 g/mol. The Morgan fingerprint density at radius 1 is 1.29 bits per heavy atom. The summed E-state index contributed by atoms with van der Waals surface area (Å²) in [5.74, 6) is 0.470. The molecule has 3 amide bonds. The van der Waals surface area contributed by atoms with Crippen LogP contribution in [0.2, 0.25) is 0 Å². The quantitative estimate of drug-likeness (QED) is 0.931. The number of aromatic nitrogens is 1. The Labute approximate surface area is 138 Å². The average Bonchev–Trinajstić information content (AvgIpc) is 3.22. The predicted octanol–water partition coefficient (Wildman–Crippen LogP) is 1.67. The summed E-state index contributed by atoms with van der Waals surface area (Å²) in [6, 6.07) is 6.47. The number of hydrogen-bond acceptors (Lipinski definition) is 4. The molecule has 2 aromatic rings. The highest BCUT2D eigenvalue weighted by atomic mass is 16.3. The number of likely N-dealkylation sites (N-methyl/N-ethyl adjacent to an activating group) is 1. The van der Waals surface area contributed by atoms with E-state index in [1.165, 1.54) is 11.2 Å². The Bertz CT molecular complexity index is 814. The van der Waals surface area contributed by atoms with Gasteiger partial charge in [-0.3, -0.25) is 14.7 Å². The van der Waals surface area contributed by atoms with Crippen molar-refractivity contribution in [3.63, 3.8) is 0 Å². The molecule has 24 heavy (non-hydrogen) atoms. The van der Waals surface area contributed by atoms with Gasteiger partial charge in [0.25, 0.3) is 5.91 Å². The van der Waals surface area contributed by atoms with Gasteiger partial charge in [0, 0.05) is 26.0 Å². The summed E-state index contributed by atoms with van der Waals surface area (Å²) in [5.41, 5.74) is 2.29. The molecule has 0 saturated carbocycles. The summed E-state index contributed by atoms with van der Waals surface area (Å²) in [6.45, 7) is 0.874. The first-order valence-corrected chi connectivity index (χ1v) is 7.64. The molecule has 4 rings (SSSR count). The van der Waals surface area contributed by atoms with Gasteiger partial charge < -0.3 is 14.6 Å². The molecule has 0 aliphatic carbocycles. The molecule has 122 valence electrons. The van der Waals surface area contributed by atoms with Gasteiger partial charge in [0.2, 0.25) is 0 Å². The van der Waals surface area contributed by atoms with E-state index in [0.717, 1.165) is 11.3 Å². The van der Waals surface area contributed by atoms with Crippen molar-refractivity contribution in [2.75, 3.05) is 13.6 Å². The van der Waals surface area contributed by atoms with E-state index in [0.29, 0.717) is 24.4 Å². The van der Waals surface area contributed by atoms with Crippen LogP contribution >= 0.6 is 0 Å². The van der Waals surface area contributed by atoms with Crippen LogP contribution in [0, 0.1) is 0 Å². The van der Waals surface area contributed by atoms with Crippen molar-refractivity contribution in [1.29, 1.82) is 0 Å². The molecule has 0 aromatic carbocycles. The normalized spacial score (nSPS) is 20.5. The van der Waals surface area contributed by atoms with E-state index in [9.17, 15) is 9.59 Å². The Morgan fingerprint density at radius 3 is 2.79 bits per heavy atom. The topological polar surface area (TPSA) is 78.7 Å². The Balaban J connectivity index is 1.67. The van der Waals surface area contributed by atoms with Crippen molar-refractivity contribution >= 4 is 11.9 Å². The lowest BCUT2D eigenvalue weighted by atomic mass is 10.0. The van der Waals surface area contributed by atoms with Crippen molar-refractivity contribution in [2.24, 2.45) is 0 Å². The highest BCUT2D eigenvalue weighted by Crippen LogP contribution is 2.36. The number of furan rings is 1. The number of nitrogens with one attached hydrogen (secondary N) is 1. The predicted molar refractivity (Wildman–Crippen MR) is 84.4 cm³/mol. The third-order valence-electron chi connectivity index (χ3n) is 4.39. The first kappa shape index (κ1) is 14.5. The summed E-state index contributed by atoms with van der Waals surface area (Å²) in [4.78, 5) is 32.4. The van der Waals surface area contributed by atoms with Crippen LogP contribution < -0.4 is 5.32 Å². The van der Waals surface area contributed by atoms with E-state index in [1.54, 1.807) is 36.5 Å². The van der Waals surface area contributed by atoms with Gasteiger partial charge in [-0.15, -0.1) is 0 Å². The van der Waals surface area contributed by atoms with Gasteiger partial charge >= 0.3 is 6.03 Å². The number of carbonyl (C=O) groups excluding carboxylic acids is 2. The SMILES string of the molecule is CN1C(=O)NC(c2ccco2)C2=C1CN(Cc1ccncc1)C2=O. The molecule has 4 heterocycles. The maximum Gasteiger partial charge on any atom is 0.322 e. The van der Waals surface area contributed by atoms with Gasteiger partial charge in [-0.25, -0.2) is 4.79 Å². The number of hydrogen-bond donors (Lipinski definition) is 1. The molecule has 0 saturated heterocycles. The molecule has 0 spiro atoms. The van der Waals surface area contributed by atoms with Crippen molar-refractivity contribution in [1.82, 2.24) is 20.1 Å². The Morgan fingerprint density at radius 2 is 2.08 bits per heavy atom. The molecule has 1 unspecified atom stereocenters. The summed E-state index contributed by atoms with van der Waals surface area (Å²) >= 11 is 0. The summed E-state index contributed by atoms with van der Waals surface area (Å²) in [6.07, 6.45) is 4.94. The molecule has 2 aliphatic rings. The third kappa shape index (κ3) is 2.25. The number of rotatable bonds is 3. The first-order valence-electron chi connectivity index (χ1n) is 7.64. The van der Waals surface area contributed by atoms with E-state index in [4.69, 9.17) is 4.42 Å². The molecule has 2 aliphatic heterocycles. The summed E-state index contributed by atoms with van der Waals surface area (Å²) < 4.78 is 5.42. The highest BCUT2D eigenvalue weighted by Gasteiger charge is 2.43. The van der Waals surface area contributed by atoms with Crippen molar-refractivity contribution in [3.8, 4) is 0 Å². The zero-order valence-corrected chi connectivity index (χ0v) is 13.1. The third-order valence-corrected chi connectivity index (χ3v) is 4.39. The minimum atomic E-state index is -0.548. The van der Waals surface area contributed by atoms with Crippen LogP contribution in [0.15, 0.2) is 58.6 Å². The maximum absolute atomic E-state index is 12.9. The molecule has 1 atom stereocenters. The minimum absolute atomic E-state index is 0.0879. The van der Waals surface area contributed by atoms with Crippen molar-refractivity contribution in [3.05, 3.63) is 65.5 Å². The average molecular weight is 324 g/mol. The van der Waals surface area contributed by atoms with Crippen molar-refractivity contribution < 1.29 is 14.0 Å². The van der Waals surface area contributed by atoms with Crippen LogP contribution in [0.5, 0.6) is 0 Å². The molecule has 0 bridgehead atoms. The lowest BCUT2D eigenvalue weighted by Gasteiger charge is -2.29. The zero-order chi connectivity index (χ0) is 16.7. The Hall–Kier alpha value is -3.09. The van der Waals surface area contributed by atoms with E-state index in [1.807, 2.05) is 12.1 Å². The van der Waals surface area contributed by atoms with Gasteiger partial charge in [-0.1, -0.05) is 0 Å². The van der Waals surface area contributed by atoms with E-state index >= 15 is 0 Å². The second-order valence-electron chi connectivity index (χ2n) is 5.83. The van der Waals surface area contributed by atoms with Gasteiger partial charge in [-0.2, -0.15) is 0 Å². The van der Waals surface area contributed by atoms with E-state index < -0.39 is 6.04 Å². The second-order valence-corrected chi connectivity index (χ2v) is 5.83. The molecule has 1 N–H and O–H groups in total. The van der Waals surface area contributed by atoms with Crippen LogP contribution in [-0.2, 0) is 11.3 Å². The standard InChI is InChI=1S/C17H16N4O3/c1-20-12-10-21(9-11-4-6-18-7-5-11)16(22)14(12)15(19-17(20)23)13-3-2-8-24-13/h2-8,15H,9-10H2,1H3,(H,19,23). The minimum Gasteiger partial charge on any atom is -0.467 e. The lowest BCUT2D eigenvalue weighted by Crippen LogP contribution is -2.45. The van der Waals surface area contributed by atoms with Crippen LogP contribution in [0.4, 0.5) is 4.79 Å². The smallest absolute Gasteiger partial charge is 0.322 e. The van der Waals surface area contributed by atoms with Gasteiger partial charge in [0.1, 0.15) is 11.8 Å². The summed E-state index contributed by atoms with van der Waals surface area (Å²) in [7, 11) is 1.67. The van der Waals surface area contributed by atoms with Gasteiger partial charge in [0.15, 0.2) is 0 Å². The fourth-order valence-electron chi connectivity index (χ4n) is 3.13. The maximum atomic E-state index is 12.9. The number of urea groups is 1. The van der Waals surface area contributed by atoms with Crippen LogP contribution in [0.25, 0.3) is 0 Å². The number of amides is 3. The van der Waals surface area contributed by atoms with Gasteiger partial charge in [0.05, 0.1) is 24.1 Å². The van der Waals surface area contributed by atoms with Crippen molar-refractivity contribution in [2.45, 2.75) is 12.6 Å². The second kappa shape index (κ2) is 5.52. The fraction of sp³-hybridized carbons (Fsp3) is 0.235. The largest absolute Gasteiger partial charge is 0.467 e.